The van der Waals surface area contributed by atoms with Crippen LogP contribution in [0.4, 0.5) is 5.82 Å². The van der Waals surface area contributed by atoms with Crippen LogP contribution in [0.25, 0.3) is 11.4 Å². The first-order valence-corrected chi connectivity index (χ1v) is 7.25. The minimum Gasteiger partial charge on any atom is -0.496 e. The van der Waals surface area contributed by atoms with E-state index in [-0.39, 0.29) is 0 Å². The van der Waals surface area contributed by atoms with E-state index in [0.717, 1.165) is 20.6 Å². The third-order valence-electron chi connectivity index (χ3n) is 3.21. The molecule has 0 saturated heterocycles. The molecule has 0 spiro atoms. The number of nitrogen functional groups attached to an aromatic ring is 1. The molecule has 4 nitrogen and oxygen atoms in total. The molecule has 1 aromatic heterocycles. The van der Waals surface area contributed by atoms with E-state index >= 15 is 0 Å². The number of methoxy groups -OCH3 is 1. The van der Waals surface area contributed by atoms with Gasteiger partial charge in [0.05, 0.1) is 21.9 Å². The Morgan fingerprint density at radius 1 is 1.26 bits per heavy atom. The average Bonchev–Trinajstić information content (AvgIpc) is 3.26. The van der Waals surface area contributed by atoms with E-state index in [0.29, 0.717) is 17.6 Å². The lowest BCUT2D eigenvalue weighted by Gasteiger charge is -2.11. The summed E-state index contributed by atoms with van der Waals surface area (Å²) in [4.78, 5) is 9.10. The Hall–Kier alpha value is -1.37. The molecule has 1 saturated carbocycles. The molecule has 2 N–H and O–H groups in total. The normalized spacial score (nSPS) is 14.4. The standard InChI is InChI=1S/C14H14IN3O/c1-19-10-5-3-2-4-9(10)14-17-12(8-6-7-8)11(15)13(16)18-14/h2-5,8H,6-7H2,1H3,(H2,16,17,18). The van der Waals surface area contributed by atoms with Crippen molar-refractivity contribution >= 4 is 28.4 Å². The summed E-state index contributed by atoms with van der Waals surface area (Å²) in [6.07, 6.45) is 2.38. The second kappa shape index (κ2) is 4.96. The summed E-state index contributed by atoms with van der Waals surface area (Å²) < 4.78 is 6.35. The Morgan fingerprint density at radius 3 is 2.68 bits per heavy atom. The summed E-state index contributed by atoms with van der Waals surface area (Å²) in [5, 5.41) is 0. The Bertz CT molecular complexity index is 626. The first kappa shape index (κ1) is 12.7. The molecule has 98 valence electrons. The molecule has 0 unspecified atom stereocenters. The van der Waals surface area contributed by atoms with Gasteiger partial charge in [0, 0.05) is 5.92 Å². The number of aromatic nitrogens is 2. The van der Waals surface area contributed by atoms with Crippen LogP contribution in [0.5, 0.6) is 5.75 Å². The Kier molecular flexibility index (Phi) is 3.30. The van der Waals surface area contributed by atoms with Crippen LogP contribution in [-0.4, -0.2) is 17.1 Å². The van der Waals surface area contributed by atoms with Gasteiger partial charge in [-0.15, -0.1) is 0 Å². The predicted octanol–water partition coefficient (Wildman–Crippen LogP) is 3.22. The summed E-state index contributed by atoms with van der Waals surface area (Å²) in [7, 11) is 1.65. The van der Waals surface area contributed by atoms with Crippen molar-refractivity contribution in [2.45, 2.75) is 18.8 Å². The zero-order valence-corrected chi connectivity index (χ0v) is 12.7. The average molecular weight is 367 g/mol. The van der Waals surface area contributed by atoms with Crippen molar-refractivity contribution < 1.29 is 4.74 Å². The summed E-state index contributed by atoms with van der Waals surface area (Å²) in [6.45, 7) is 0. The highest BCUT2D eigenvalue weighted by Gasteiger charge is 2.29. The Balaban J connectivity index is 2.14. The molecule has 1 aromatic carbocycles. The molecule has 2 aromatic rings. The lowest BCUT2D eigenvalue weighted by molar-refractivity contribution is 0.416. The topological polar surface area (TPSA) is 61.0 Å². The van der Waals surface area contributed by atoms with E-state index < -0.39 is 0 Å². The van der Waals surface area contributed by atoms with Gasteiger partial charge in [-0.25, -0.2) is 9.97 Å². The molecule has 1 aliphatic carbocycles. The molecule has 1 heterocycles. The maximum Gasteiger partial charge on any atom is 0.165 e. The van der Waals surface area contributed by atoms with Crippen LogP contribution in [0.2, 0.25) is 0 Å². The number of hydrogen-bond acceptors (Lipinski definition) is 4. The third kappa shape index (κ3) is 2.39. The molecular weight excluding hydrogens is 353 g/mol. The lowest BCUT2D eigenvalue weighted by atomic mass is 10.1. The molecular formula is C14H14IN3O. The maximum atomic E-state index is 6.02. The van der Waals surface area contributed by atoms with Gasteiger partial charge in [0.1, 0.15) is 11.6 Å². The van der Waals surface area contributed by atoms with E-state index in [1.165, 1.54) is 12.8 Å². The van der Waals surface area contributed by atoms with Gasteiger partial charge in [-0.3, -0.25) is 0 Å². The van der Waals surface area contributed by atoms with Gasteiger partial charge in [-0.2, -0.15) is 0 Å². The minimum atomic E-state index is 0.547. The van der Waals surface area contributed by atoms with Crippen LogP contribution >= 0.6 is 22.6 Å². The highest BCUT2D eigenvalue weighted by molar-refractivity contribution is 14.1. The minimum absolute atomic E-state index is 0.547. The zero-order chi connectivity index (χ0) is 13.4. The number of halogens is 1. The van der Waals surface area contributed by atoms with Gasteiger partial charge in [0.25, 0.3) is 0 Å². The van der Waals surface area contributed by atoms with Crippen molar-refractivity contribution in [1.29, 1.82) is 0 Å². The van der Waals surface area contributed by atoms with Gasteiger partial charge in [0.2, 0.25) is 0 Å². The van der Waals surface area contributed by atoms with Crippen molar-refractivity contribution in [3.8, 4) is 17.1 Å². The van der Waals surface area contributed by atoms with Gasteiger partial charge < -0.3 is 10.5 Å². The molecule has 0 bridgehead atoms. The molecule has 0 amide bonds. The summed E-state index contributed by atoms with van der Waals surface area (Å²) in [6, 6.07) is 7.74. The Labute approximate surface area is 125 Å². The smallest absolute Gasteiger partial charge is 0.165 e. The highest BCUT2D eigenvalue weighted by Crippen LogP contribution is 2.43. The zero-order valence-electron chi connectivity index (χ0n) is 10.6. The van der Waals surface area contributed by atoms with Gasteiger partial charge in [-0.05, 0) is 47.6 Å². The number of anilines is 1. The fraction of sp³-hybridized carbons (Fsp3) is 0.286. The lowest BCUT2D eigenvalue weighted by Crippen LogP contribution is -2.04. The van der Waals surface area contributed by atoms with E-state index in [2.05, 4.69) is 27.6 Å². The summed E-state index contributed by atoms with van der Waals surface area (Å²) in [5.74, 6) is 2.52. The number of ether oxygens (including phenoxy) is 1. The van der Waals surface area contributed by atoms with Crippen LogP contribution in [0, 0.1) is 3.57 Å². The summed E-state index contributed by atoms with van der Waals surface area (Å²) >= 11 is 2.23. The van der Waals surface area contributed by atoms with Gasteiger partial charge in [0.15, 0.2) is 5.82 Å². The molecule has 19 heavy (non-hydrogen) atoms. The van der Waals surface area contributed by atoms with Gasteiger partial charge >= 0.3 is 0 Å². The molecule has 0 aliphatic heterocycles. The SMILES string of the molecule is COc1ccccc1-c1nc(N)c(I)c(C2CC2)n1. The quantitative estimate of drug-likeness (QED) is 0.847. The monoisotopic (exact) mass is 367 g/mol. The number of para-hydroxylation sites is 1. The van der Waals surface area contributed by atoms with Crippen LogP contribution in [-0.2, 0) is 0 Å². The first-order chi connectivity index (χ1) is 9.20. The van der Waals surface area contributed by atoms with Crippen LogP contribution < -0.4 is 10.5 Å². The molecule has 0 atom stereocenters. The van der Waals surface area contributed by atoms with E-state index in [1.54, 1.807) is 7.11 Å². The predicted molar refractivity (Wildman–Crippen MR) is 83.1 cm³/mol. The Morgan fingerprint density at radius 2 is 2.00 bits per heavy atom. The molecule has 5 heteroatoms. The maximum absolute atomic E-state index is 6.02. The van der Waals surface area contributed by atoms with Crippen molar-refractivity contribution in [2.24, 2.45) is 0 Å². The van der Waals surface area contributed by atoms with Crippen molar-refractivity contribution in [2.75, 3.05) is 12.8 Å². The number of nitrogens with two attached hydrogens (primary N) is 1. The van der Waals surface area contributed by atoms with Gasteiger partial charge in [-0.1, -0.05) is 12.1 Å². The van der Waals surface area contributed by atoms with Crippen molar-refractivity contribution in [3.05, 3.63) is 33.5 Å². The molecule has 1 aliphatic rings. The van der Waals surface area contributed by atoms with E-state index in [1.807, 2.05) is 24.3 Å². The van der Waals surface area contributed by atoms with Crippen LogP contribution in [0.3, 0.4) is 0 Å². The number of hydrogen-bond donors (Lipinski definition) is 1. The fourth-order valence-corrected chi connectivity index (χ4v) is 2.74. The fourth-order valence-electron chi connectivity index (χ4n) is 2.06. The van der Waals surface area contributed by atoms with Crippen molar-refractivity contribution in [1.82, 2.24) is 9.97 Å². The third-order valence-corrected chi connectivity index (χ3v) is 4.32. The van der Waals surface area contributed by atoms with Crippen molar-refractivity contribution in [3.63, 3.8) is 0 Å². The second-order valence-corrected chi connectivity index (χ2v) is 5.68. The largest absolute Gasteiger partial charge is 0.496 e. The number of benzene rings is 1. The number of nitrogens with zero attached hydrogens (tertiary/aromatic N) is 2. The molecule has 1 fully saturated rings. The molecule has 3 rings (SSSR count). The van der Waals surface area contributed by atoms with Crippen LogP contribution in [0.1, 0.15) is 24.5 Å². The first-order valence-electron chi connectivity index (χ1n) is 6.17. The molecule has 0 radical (unpaired) electrons. The summed E-state index contributed by atoms with van der Waals surface area (Å²) in [5.41, 5.74) is 7.98. The number of rotatable bonds is 3. The van der Waals surface area contributed by atoms with E-state index in [9.17, 15) is 0 Å². The van der Waals surface area contributed by atoms with E-state index in [4.69, 9.17) is 15.5 Å². The second-order valence-electron chi connectivity index (χ2n) is 4.61. The van der Waals surface area contributed by atoms with Crippen LogP contribution in [0.15, 0.2) is 24.3 Å². The highest BCUT2D eigenvalue weighted by atomic mass is 127.